The van der Waals surface area contributed by atoms with Gasteiger partial charge in [0.1, 0.15) is 5.78 Å². The van der Waals surface area contributed by atoms with E-state index in [4.69, 9.17) is 5.26 Å². The van der Waals surface area contributed by atoms with Crippen LogP contribution in [-0.2, 0) is 11.2 Å². The van der Waals surface area contributed by atoms with Crippen molar-refractivity contribution in [1.82, 2.24) is 0 Å². The number of carbonyl (C=O) groups excluding carboxylic acids is 1. The Labute approximate surface area is 124 Å². The molecule has 3 rings (SSSR count). The Morgan fingerprint density at radius 1 is 1.30 bits per heavy atom. The lowest BCUT2D eigenvalue weighted by atomic mass is 9.84. The van der Waals surface area contributed by atoms with Gasteiger partial charge in [0.05, 0.1) is 11.6 Å². The van der Waals surface area contributed by atoms with Crippen LogP contribution in [0.2, 0.25) is 0 Å². The smallest absolute Gasteiger partial charge is 0.140 e. The number of hydrogen-bond donors (Lipinski definition) is 0. The number of rotatable bonds is 3. The molecule has 2 bridgehead atoms. The summed E-state index contributed by atoms with van der Waals surface area (Å²) >= 11 is 2.11. The zero-order valence-corrected chi connectivity index (χ0v) is 12.4. The predicted octanol–water partition coefficient (Wildman–Crippen LogP) is 3.73. The molecule has 104 valence electrons. The number of nitriles is 1. The SMILES string of the molecule is N#Cc1cccc(CC(=O)C2CC3CCCC(C2)S3)c1. The molecule has 2 nitrogen and oxygen atoms in total. The molecule has 3 heteroatoms. The molecule has 0 radical (unpaired) electrons. The van der Waals surface area contributed by atoms with Gasteiger partial charge in [0, 0.05) is 22.8 Å². The molecule has 0 aliphatic carbocycles. The van der Waals surface area contributed by atoms with Gasteiger partial charge in [-0.05, 0) is 43.4 Å². The summed E-state index contributed by atoms with van der Waals surface area (Å²) in [4.78, 5) is 12.5. The Kier molecular flexibility index (Phi) is 4.12. The van der Waals surface area contributed by atoms with Gasteiger partial charge in [0.2, 0.25) is 0 Å². The van der Waals surface area contributed by atoms with Crippen LogP contribution in [0.4, 0.5) is 0 Å². The quantitative estimate of drug-likeness (QED) is 0.849. The first kappa shape index (κ1) is 13.7. The van der Waals surface area contributed by atoms with Crippen LogP contribution in [0.1, 0.15) is 43.2 Å². The van der Waals surface area contributed by atoms with Gasteiger partial charge in [-0.2, -0.15) is 17.0 Å². The molecular formula is C17H19NOS. The molecule has 2 aliphatic heterocycles. The minimum absolute atomic E-state index is 0.247. The molecule has 2 unspecified atom stereocenters. The molecule has 2 fully saturated rings. The van der Waals surface area contributed by atoms with E-state index in [2.05, 4.69) is 17.8 Å². The van der Waals surface area contributed by atoms with Crippen molar-refractivity contribution < 1.29 is 4.79 Å². The Bertz CT molecular complexity index is 536. The number of hydrogen-bond acceptors (Lipinski definition) is 3. The largest absolute Gasteiger partial charge is 0.299 e. The van der Waals surface area contributed by atoms with Crippen LogP contribution in [0.5, 0.6) is 0 Å². The second kappa shape index (κ2) is 6.01. The summed E-state index contributed by atoms with van der Waals surface area (Å²) in [5.74, 6) is 0.620. The van der Waals surface area contributed by atoms with E-state index in [-0.39, 0.29) is 5.92 Å². The monoisotopic (exact) mass is 285 g/mol. The normalized spacial score (nSPS) is 28.6. The molecule has 0 aromatic heterocycles. The fraction of sp³-hybridized carbons (Fsp3) is 0.529. The Morgan fingerprint density at radius 2 is 2.05 bits per heavy atom. The number of carbonyl (C=O) groups is 1. The topological polar surface area (TPSA) is 40.9 Å². The molecule has 2 saturated heterocycles. The van der Waals surface area contributed by atoms with Gasteiger partial charge in [-0.3, -0.25) is 4.79 Å². The second-order valence-corrected chi connectivity index (χ2v) is 7.54. The van der Waals surface area contributed by atoms with Crippen LogP contribution in [-0.4, -0.2) is 16.3 Å². The lowest BCUT2D eigenvalue weighted by molar-refractivity contribution is -0.122. The number of Topliss-reactive ketones (excluding diaryl/α,β-unsaturated/α-hetero) is 1. The van der Waals surface area contributed by atoms with Gasteiger partial charge >= 0.3 is 0 Å². The highest BCUT2D eigenvalue weighted by atomic mass is 32.2. The highest BCUT2D eigenvalue weighted by Gasteiger charge is 2.35. The lowest BCUT2D eigenvalue weighted by Gasteiger charge is -2.38. The number of benzene rings is 1. The van der Waals surface area contributed by atoms with Crippen molar-refractivity contribution in [2.45, 2.75) is 49.0 Å². The molecule has 2 aliphatic rings. The fourth-order valence-electron chi connectivity index (χ4n) is 3.42. The summed E-state index contributed by atoms with van der Waals surface area (Å²) in [5.41, 5.74) is 1.63. The summed E-state index contributed by atoms with van der Waals surface area (Å²) in [6.07, 6.45) is 6.54. The molecule has 20 heavy (non-hydrogen) atoms. The van der Waals surface area contributed by atoms with E-state index < -0.39 is 0 Å². The number of thioether (sulfide) groups is 1. The summed E-state index contributed by atoms with van der Waals surface area (Å²) in [5, 5.41) is 10.3. The van der Waals surface area contributed by atoms with Gasteiger partial charge in [0.15, 0.2) is 0 Å². The summed E-state index contributed by atoms with van der Waals surface area (Å²) in [6.45, 7) is 0. The zero-order chi connectivity index (χ0) is 13.9. The third-order valence-corrected chi connectivity index (χ3v) is 6.05. The molecule has 0 amide bonds. The first-order chi connectivity index (χ1) is 9.74. The maximum Gasteiger partial charge on any atom is 0.140 e. The maximum atomic E-state index is 12.5. The van der Waals surface area contributed by atoms with Crippen molar-refractivity contribution in [1.29, 1.82) is 5.26 Å². The van der Waals surface area contributed by atoms with E-state index in [0.717, 1.165) is 18.4 Å². The highest BCUT2D eigenvalue weighted by molar-refractivity contribution is 8.00. The number of ketones is 1. The average Bonchev–Trinajstić information content (AvgIpc) is 2.47. The van der Waals surface area contributed by atoms with Crippen molar-refractivity contribution in [2.75, 3.05) is 0 Å². The first-order valence-electron chi connectivity index (χ1n) is 7.42. The second-order valence-electron chi connectivity index (χ2n) is 5.93. The molecule has 1 aromatic rings. The molecule has 0 spiro atoms. The third-order valence-electron chi connectivity index (χ3n) is 4.42. The lowest BCUT2D eigenvalue weighted by Crippen LogP contribution is -2.33. The van der Waals surface area contributed by atoms with Crippen molar-refractivity contribution in [3.05, 3.63) is 35.4 Å². The first-order valence-corrected chi connectivity index (χ1v) is 8.36. The zero-order valence-electron chi connectivity index (χ0n) is 11.5. The van der Waals surface area contributed by atoms with Crippen molar-refractivity contribution >= 4 is 17.5 Å². The van der Waals surface area contributed by atoms with Crippen molar-refractivity contribution in [2.24, 2.45) is 5.92 Å². The molecule has 2 atom stereocenters. The minimum atomic E-state index is 0.247. The fourth-order valence-corrected chi connectivity index (χ4v) is 5.26. The van der Waals surface area contributed by atoms with Crippen molar-refractivity contribution in [3.63, 3.8) is 0 Å². The van der Waals surface area contributed by atoms with Crippen LogP contribution in [0, 0.1) is 17.2 Å². The van der Waals surface area contributed by atoms with Crippen LogP contribution in [0.3, 0.4) is 0 Å². The maximum absolute atomic E-state index is 12.5. The summed E-state index contributed by atoms with van der Waals surface area (Å²) < 4.78 is 0. The number of nitrogens with zero attached hydrogens (tertiary/aromatic N) is 1. The molecule has 2 heterocycles. The van der Waals surface area contributed by atoms with E-state index in [0.29, 0.717) is 28.3 Å². The molecular weight excluding hydrogens is 266 g/mol. The van der Waals surface area contributed by atoms with E-state index >= 15 is 0 Å². The molecule has 0 N–H and O–H groups in total. The van der Waals surface area contributed by atoms with Gasteiger partial charge in [-0.15, -0.1) is 0 Å². The van der Waals surface area contributed by atoms with Crippen LogP contribution in [0.25, 0.3) is 0 Å². The summed E-state index contributed by atoms with van der Waals surface area (Å²) in [6, 6.07) is 9.59. The van der Waals surface area contributed by atoms with E-state index in [1.165, 1.54) is 19.3 Å². The molecule has 0 saturated carbocycles. The Hall–Kier alpha value is -1.27. The third kappa shape index (κ3) is 3.07. The van der Waals surface area contributed by atoms with Gasteiger partial charge in [-0.1, -0.05) is 18.6 Å². The standard InChI is InChI=1S/C17H19NOS/c18-11-13-4-1-3-12(7-13)8-17(19)14-9-15-5-2-6-16(10-14)20-15/h1,3-4,7,14-16H,2,5-6,8-10H2. The number of fused-ring (bicyclic) bond motifs is 2. The minimum Gasteiger partial charge on any atom is -0.299 e. The molecule has 1 aromatic carbocycles. The average molecular weight is 285 g/mol. The Balaban J connectivity index is 1.65. The van der Waals surface area contributed by atoms with E-state index in [9.17, 15) is 4.79 Å². The Morgan fingerprint density at radius 3 is 2.75 bits per heavy atom. The summed E-state index contributed by atoms with van der Waals surface area (Å²) in [7, 11) is 0. The van der Waals surface area contributed by atoms with Crippen LogP contribution >= 0.6 is 11.8 Å². The van der Waals surface area contributed by atoms with Gasteiger partial charge < -0.3 is 0 Å². The van der Waals surface area contributed by atoms with E-state index in [1.54, 1.807) is 6.07 Å². The van der Waals surface area contributed by atoms with E-state index in [1.807, 2.05) is 18.2 Å². The van der Waals surface area contributed by atoms with Crippen LogP contribution < -0.4 is 0 Å². The van der Waals surface area contributed by atoms with Crippen molar-refractivity contribution in [3.8, 4) is 6.07 Å². The van der Waals surface area contributed by atoms with Gasteiger partial charge in [0.25, 0.3) is 0 Å². The van der Waals surface area contributed by atoms with Gasteiger partial charge in [-0.25, -0.2) is 0 Å². The van der Waals surface area contributed by atoms with Crippen LogP contribution in [0.15, 0.2) is 24.3 Å². The highest BCUT2D eigenvalue weighted by Crippen LogP contribution is 2.44. The predicted molar refractivity (Wildman–Crippen MR) is 81.6 cm³/mol.